The van der Waals surface area contributed by atoms with Crippen LogP contribution in [0.25, 0.3) is 5.69 Å². The molecule has 1 aliphatic heterocycles. The third-order valence-corrected chi connectivity index (χ3v) is 6.57. The number of hydrogen-bond donors (Lipinski definition) is 2. The number of nitrogens with zero attached hydrogens (tertiary/aromatic N) is 4. The summed E-state index contributed by atoms with van der Waals surface area (Å²) in [5, 5.41) is 15.4. The van der Waals surface area contributed by atoms with Crippen LogP contribution in [-0.4, -0.2) is 45.4 Å². The van der Waals surface area contributed by atoms with Crippen LogP contribution in [-0.2, 0) is 13.0 Å². The zero-order chi connectivity index (χ0) is 26.9. The lowest BCUT2D eigenvalue weighted by molar-refractivity contribution is 0.0653. The fourth-order valence-electron chi connectivity index (χ4n) is 4.34. The number of aromatic nitrogens is 2. The van der Waals surface area contributed by atoms with Gasteiger partial charge in [-0.1, -0.05) is 11.6 Å². The van der Waals surface area contributed by atoms with E-state index in [1.165, 1.54) is 16.7 Å². The highest BCUT2D eigenvalue weighted by atomic mass is 35.5. The van der Waals surface area contributed by atoms with E-state index in [2.05, 4.69) is 10.6 Å². The number of hydrogen-bond acceptors (Lipinski definition) is 6. The molecule has 1 aromatic heterocycles. The van der Waals surface area contributed by atoms with Crippen LogP contribution in [0.4, 0.5) is 5.95 Å². The summed E-state index contributed by atoms with van der Waals surface area (Å²) in [6, 6.07) is 13.0. The van der Waals surface area contributed by atoms with Crippen molar-refractivity contribution in [3.05, 3.63) is 85.8 Å². The number of carbonyl (C=O) groups is 2. The van der Waals surface area contributed by atoms with Gasteiger partial charge < -0.3 is 15.5 Å². The minimum absolute atomic E-state index is 0.0138. The molecule has 3 aromatic rings. The second-order valence-electron chi connectivity index (χ2n) is 9.22. The van der Waals surface area contributed by atoms with Crippen molar-refractivity contribution in [2.45, 2.75) is 45.8 Å². The average molecular weight is 519 g/mol. The van der Waals surface area contributed by atoms with Crippen LogP contribution in [0.5, 0.6) is 0 Å². The predicted molar refractivity (Wildman–Crippen MR) is 141 cm³/mol. The highest BCUT2D eigenvalue weighted by Gasteiger charge is 2.32. The molecule has 1 atom stereocenters. The van der Waals surface area contributed by atoms with Crippen molar-refractivity contribution in [2.75, 3.05) is 12.4 Å². The van der Waals surface area contributed by atoms with Gasteiger partial charge in [-0.25, -0.2) is 9.55 Å². The zero-order valence-electron chi connectivity index (χ0n) is 21.0. The molecule has 9 nitrogen and oxygen atoms in total. The van der Waals surface area contributed by atoms with Gasteiger partial charge in [-0.2, -0.15) is 5.26 Å². The Morgan fingerprint density at radius 1 is 1.16 bits per heavy atom. The number of rotatable bonds is 5. The number of amides is 2. The van der Waals surface area contributed by atoms with E-state index >= 15 is 0 Å². The van der Waals surface area contributed by atoms with Crippen molar-refractivity contribution in [2.24, 2.45) is 0 Å². The number of halogens is 1. The molecule has 2 N–H and O–H groups in total. The lowest BCUT2D eigenvalue weighted by Crippen LogP contribution is -2.46. The fourth-order valence-corrected chi connectivity index (χ4v) is 4.50. The number of fused-ring (bicyclic) bond motifs is 1. The van der Waals surface area contributed by atoms with Gasteiger partial charge in [0, 0.05) is 35.8 Å². The quantitative estimate of drug-likeness (QED) is 0.533. The van der Waals surface area contributed by atoms with Gasteiger partial charge in [0.2, 0.25) is 5.95 Å². The number of carbonyl (C=O) groups excluding carboxylic acids is 2. The Morgan fingerprint density at radius 2 is 1.84 bits per heavy atom. The first-order valence-corrected chi connectivity index (χ1v) is 12.3. The highest BCUT2D eigenvalue weighted by Crippen LogP contribution is 2.26. The summed E-state index contributed by atoms with van der Waals surface area (Å²) >= 11 is 6.03. The highest BCUT2D eigenvalue weighted by molar-refractivity contribution is 6.31. The van der Waals surface area contributed by atoms with Gasteiger partial charge in [-0.3, -0.25) is 14.4 Å². The second-order valence-corrected chi connectivity index (χ2v) is 9.63. The number of nitriles is 1. The van der Waals surface area contributed by atoms with Crippen LogP contribution in [0.1, 0.15) is 58.3 Å². The first-order chi connectivity index (χ1) is 17.6. The maximum Gasteiger partial charge on any atom is 0.263 e. The SMILES string of the molecule is CNC(=O)c1ccc(-n2c(NC(C)C)nc3c(c2=O)C[C@@H](C)N(C(=O)c2ccc(Cl)c(C#N)c2)C3)cc1. The first kappa shape index (κ1) is 25.9. The van der Waals surface area contributed by atoms with E-state index in [9.17, 15) is 19.6 Å². The molecule has 4 rings (SSSR count). The molecule has 0 unspecified atom stereocenters. The Morgan fingerprint density at radius 3 is 2.46 bits per heavy atom. The van der Waals surface area contributed by atoms with E-state index in [0.29, 0.717) is 40.4 Å². The van der Waals surface area contributed by atoms with E-state index < -0.39 is 0 Å². The Balaban J connectivity index is 1.76. The molecule has 2 amide bonds. The molecule has 0 aliphatic carbocycles. The van der Waals surface area contributed by atoms with Gasteiger partial charge in [0.1, 0.15) is 6.07 Å². The average Bonchev–Trinajstić information content (AvgIpc) is 2.88. The van der Waals surface area contributed by atoms with Crippen LogP contribution in [0.3, 0.4) is 0 Å². The number of anilines is 1. The van der Waals surface area contributed by atoms with Crippen LogP contribution >= 0.6 is 11.6 Å². The molecule has 0 fully saturated rings. The molecule has 0 saturated carbocycles. The van der Waals surface area contributed by atoms with Crippen molar-refractivity contribution in [1.82, 2.24) is 19.8 Å². The van der Waals surface area contributed by atoms with Gasteiger partial charge in [0.05, 0.1) is 28.5 Å². The molecule has 37 heavy (non-hydrogen) atoms. The first-order valence-electron chi connectivity index (χ1n) is 11.9. The summed E-state index contributed by atoms with van der Waals surface area (Å²) in [4.78, 5) is 45.5. The van der Waals surface area contributed by atoms with E-state index in [0.717, 1.165) is 0 Å². The van der Waals surface area contributed by atoms with Crippen molar-refractivity contribution >= 4 is 29.4 Å². The minimum atomic E-state index is -0.274. The molecule has 0 saturated heterocycles. The fraction of sp³-hybridized carbons (Fsp3) is 0.296. The molecule has 0 spiro atoms. The Bertz CT molecular complexity index is 1470. The van der Waals surface area contributed by atoms with Gasteiger partial charge in [-0.05, 0) is 69.7 Å². The van der Waals surface area contributed by atoms with Gasteiger partial charge in [0.25, 0.3) is 17.4 Å². The molecule has 1 aliphatic rings. The third kappa shape index (κ3) is 5.06. The lowest BCUT2D eigenvalue weighted by atomic mass is 9.98. The van der Waals surface area contributed by atoms with Gasteiger partial charge in [-0.15, -0.1) is 0 Å². The summed E-state index contributed by atoms with van der Waals surface area (Å²) in [5.74, 6) is -0.128. The van der Waals surface area contributed by atoms with Crippen molar-refractivity contribution < 1.29 is 9.59 Å². The lowest BCUT2D eigenvalue weighted by Gasteiger charge is -2.34. The smallest absolute Gasteiger partial charge is 0.263 e. The maximum atomic E-state index is 13.8. The van der Waals surface area contributed by atoms with E-state index in [1.54, 1.807) is 42.3 Å². The van der Waals surface area contributed by atoms with Crippen LogP contribution < -0.4 is 16.2 Å². The summed E-state index contributed by atoms with van der Waals surface area (Å²) in [7, 11) is 1.56. The molecule has 0 bridgehead atoms. The maximum absolute atomic E-state index is 13.8. The van der Waals surface area contributed by atoms with Crippen molar-refractivity contribution in [3.63, 3.8) is 0 Å². The van der Waals surface area contributed by atoms with Crippen LogP contribution in [0, 0.1) is 11.3 Å². The summed E-state index contributed by atoms with van der Waals surface area (Å²) in [6.07, 6.45) is 0.323. The minimum Gasteiger partial charge on any atom is -0.355 e. The number of nitrogens with one attached hydrogen (secondary N) is 2. The normalized spacial score (nSPS) is 14.6. The monoisotopic (exact) mass is 518 g/mol. The predicted octanol–water partition coefficient (Wildman–Crippen LogP) is 3.52. The molecule has 10 heteroatoms. The molecule has 0 radical (unpaired) electrons. The largest absolute Gasteiger partial charge is 0.355 e. The van der Waals surface area contributed by atoms with Gasteiger partial charge >= 0.3 is 0 Å². The van der Waals surface area contributed by atoms with Crippen LogP contribution in [0.15, 0.2) is 47.3 Å². The van der Waals surface area contributed by atoms with Crippen LogP contribution in [0.2, 0.25) is 5.02 Å². The zero-order valence-corrected chi connectivity index (χ0v) is 21.8. The standard InChI is InChI=1S/C27H27ClN6O3/c1-15(2)31-27-32-23-14-33(25(36)18-7-10-22(28)19(12-18)13-29)16(3)11-21(23)26(37)34(27)20-8-5-17(6-9-20)24(35)30-4/h5-10,12,15-16H,11,14H2,1-4H3,(H,30,35)(H,31,32)/t16-/m1/s1. The molecular weight excluding hydrogens is 492 g/mol. The van der Waals surface area contributed by atoms with E-state index in [1.807, 2.05) is 26.8 Å². The Hall–Kier alpha value is -4.16. The topological polar surface area (TPSA) is 120 Å². The molecular formula is C27H27ClN6O3. The molecule has 2 heterocycles. The summed E-state index contributed by atoms with van der Waals surface area (Å²) in [5.41, 5.74) is 2.46. The summed E-state index contributed by atoms with van der Waals surface area (Å²) < 4.78 is 1.51. The molecule has 190 valence electrons. The van der Waals surface area contributed by atoms with Gasteiger partial charge in [0.15, 0.2) is 0 Å². The van der Waals surface area contributed by atoms with Crippen molar-refractivity contribution in [1.29, 1.82) is 5.26 Å². The second kappa shape index (κ2) is 10.4. The summed E-state index contributed by atoms with van der Waals surface area (Å²) in [6.45, 7) is 5.91. The van der Waals surface area contributed by atoms with E-state index in [-0.39, 0.29) is 46.6 Å². The van der Waals surface area contributed by atoms with E-state index in [4.69, 9.17) is 16.6 Å². The van der Waals surface area contributed by atoms with Crippen molar-refractivity contribution in [3.8, 4) is 11.8 Å². The molecule has 2 aromatic carbocycles. The Labute approximate surface area is 219 Å². The third-order valence-electron chi connectivity index (χ3n) is 6.24. The number of benzene rings is 2. The Kier molecular flexibility index (Phi) is 7.32.